The topological polar surface area (TPSA) is 0 Å². The van der Waals surface area contributed by atoms with E-state index in [0.717, 1.165) is 4.48 Å². The molecule has 1 aliphatic heterocycles. The van der Waals surface area contributed by atoms with Crippen LogP contribution in [0.5, 0.6) is 0 Å². The summed E-state index contributed by atoms with van der Waals surface area (Å²) in [6.07, 6.45) is 18.2. The van der Waals surface area contributed by atoms with Gasteiger partial charge in [0.2, 0.25) is 0 Å². The van der Waals surface area contributed by atoms with E-state index in [1.807, 2.05) is 0 Å². The van der Waals surface area contributed by atoms with Gasteiger partial charge in [0.15, 0.2) is 0 Å². The van der Waals surface area contributed by atoms with Gasteiger partial charge >= 0.3 is 0 Å². The van der Waals surface area contributed by atoms with Gasteiger partial charge in [0.25, 0.3) is 0 Å². The van der Waals surface area contributed by atoms with Gasteiger partial charge in [0.05, 0.1) is 13.1 Å². The van der Waals surface area contributed by atoms with Gasteiger partial charge in [-0.05, 0) is 32.3 Å². The first-order valence-electron chi connectivity index (χ1n) is 7.97. The van der Waals surface area contributed by atoms with Crippen molar-refractivity contribution in [1.82, 2.24) is 0 Å². The third-order valence-corrected chi connectivity index (χ3v) is 3.95. The number of quaternary nitrogens is 1. The fourth-order valence-electron chi connectivity index (χ4n) is 2.79. The van der Waals surface area contributed by atoms with Gasteiger partial charge in [-0.15, -0.1) is 0 Å². The molecule has 1 rings (SSSR count). The van der Waals surface area contributed by atoms with Crippen LogP contribution in [0.3, 0.4) is 0 Å². The molecule has 0 aromatic carbocycles. The van der Waals surface area contributed by atoms with E-state index in [0.29, 0.717) is 0 Å². The SMILES string of the molecule is CCCCCCCC[N+]1(CCCC)C=CC(C)=C1. The molecular formula is C17H32N+. The Balaban J connectivity index is 2.28. The number of rotatable bonds is 10. The second kappa shape index (κ2) is 8.53. The van der Waals surface area contributed by atoms with Gasteiger partial charge in [0, 0.05) is 5.57 Å². The third-order valence-electron chi connectivity index (χ3n) is 3.95. The minimum atomic E-state index is 1.12. The normalized spacial score (nSPS) is 22.5. The summed E-state index contributed by atoms with van der Waals surface area (Å²) in [5.74, 6) is 0. The summed E-state index contributed by atoms with van der Waals surface area (Å²) in [5.41, 5.74) is 1.44. The number of allylic oxidation sites excluding steroid dienone is 2. The van der Waals surface area contributed by atoms with Crippen molar-refractivity contribution in [2.75, 3.05) is 13.1 Å². The number of unbranched alkanes of at least 4 members (excludes halogenated alkanes) is 6. The summed E-state index contributed by atoms with van der Waals surface area (Å²) in [6.45, 7) is 9.40. The summed E-state index contributed by atoms with van der Waals surface area (Å²) in [4.78, 5) is 0. The first-order valence-corrected chi connectivity index (χ1v) is 7.97. The van der Waals surface area contributed by atoms with Crippen LogP contribution in [0.2, 0.25) is 0 Å². The molecule has 104 valence electrons. The molecule has 0 bridgehead atoms. The molecule has 1 heterocycles. The summed E-state index contributed by atoms with van der Waals surface area (Å²) in [7, 11) is 0. The lowest BCUT2D eigenvalue weighted by atomic mass is 10.1. The maximum Gasteiger partial charge on any atom is 0.104 e. The standard InChI is InChI=1S/C17H32N/c1-4-6-8-9-10-11-14-18(13-7-5-2)15-12-17(3)16-18/h12,15-16H,4-11,13-14H2,1-3H3/q+1. The third kappa shape index (κ3) is 5.39. The highest BCUT2D eigenvalue weighted by Crippen LogP contribution is 2.23. The van der Waals surface area contributed by atoms with Gasteiger partial charge in [-0.2, -0.15) is 0 Å². The molecule has 0 fully saturated rings. The fraction of sp³-hybridized carbons (Fsp3) is 0.765. The van der Waals surface area contributed by atoms with Gasteiger partial charge in [-0.3, -0.25) is 4.48 Å². The number of hydrogen-bond acceptors (Lipinski definition) is 0. The molecule has 0 aromatic heterocycles. The second-order valence-corrected chi connectivity index (χ2v) is 5.86. The van der Waals surface area contributed by atoms with E-state index in [-0.39, 0.29) is 0 Å². The van der Waals surface area contributed by atoms with Crippen molar-refractivity contribution in [3.8, 4) is 0 Å². The van der Waals surface area contributed by atoms with E-state index in [1.165, 1.54) is 70.0 Å². The molecule has 1 nitrogen and oxygen atoms in total. The van der Waals surface area contributed by atoms with Crippen molar-refractivity contribution in [3.05, 3.63) is 24.0 Å². The lowest BCUT2D eigenvalue weighted by molar-refractivity contribution is -0.826. The van der Waals surface area contributed by atoms with Gasteiger partial charge in [0.1, 0.15) is 12.4 Å². The Morgan fingerprint density at radius 2 is 1.44 bits per heavy atom. The zero-order valence-electron chi connectivity index (χ0n) is 12.8. The van der Waals surface area contributed by atoms with E-state index in [9.17, 15) is 0 Å². The summed E-state index contributed by atoms with van der Waals surface area (Å²) in [6, 6.07) is 0. The van der Waals surface area contributed by atoms with Crippen molar-refractivity contribution in [1.29, 1.82) is 0 Å². The average molecular weight is 250 g/mol. The predicted octanol–water partition coefficient (Wildman–Crippen LogP) is 5.39. The van der Waals surface area contributed by atoms with Crippen LogP contribution in [0.4, 0.5) is 0 Å². The molecule has 1 atom stereocenters. The first kappa shape index (κ1) is 15.5. The zero-order valence-corrected chi connectivity index (χ0v) is 12.8. The van der Waals surface area contributed by atoms with Crippen LogP contribution in [0.25, 0.3) is 0 Å². The molecule has 0 radical (unpaired) electrons. The van der Waals surface area contributed by atoms with Gasteiger partial charge < -0.3 is 0 Å². The summed E-state index contributed by atoms with van der Waals surface area (Å²) < 4.78 is 1.12. The molecule has 0 saturated heterocycles. The largest absolute Gasteiger partial charge is 0.271 e. The molecule has 1 heteroatoms. The Kier molecular flexibility index (Phi) is 7.34. The molecule has 0 spiro atoms. The van der Waals surface area contributed by atoms with Crippen LogP contribution >= 0.6 is 0 Å². The molecule has 0 aliphatic carbocycles. The van der Waals surface area contributed by atoms with Crippen LogP contribution in [-0.4, -0.2) is 17.6 Å². The van der Waals surface area contributed by atoms with E-state index in [4.69, 9.17) is 0 Å². The van der Waals surface area contributed by atoms with Gasteiger partial charge in [-0.25, -0.2) is 0 Å². The quantitative estimate of drug-likeness (QED) is 0.360. The lowest BCUT2D eigenvalue weighted by Crippen LogP contribution is -2.37. The van der Waals surface area contributed by atoms with Crippen molar-refractivity contribution in [2.24, 2.45) is 0 Å². The van der Waals surface area contributed by atoms with E-state index >= 15 is 0 Å². The Bertz CT molecular complexity index is 277. The molecule has 0 aromatic rings. The molecular weight excluding hydrogens is 218 g/mol. The molecule has 0 N–H and O–H groups in total. The minimum Gasteiger partial charge on any atom is -0.271 e. The maximum absolute atomic E-state index is 2.46. The molecule has 0 saturated carbocycles. The first-order chi connectivity index (χ1) is 8.72. The van der Waals surface area contributed by atoms with E-state index in [1.54, 1.807) is 0 Å². The lowest BCUT2D eigenvalue weighted by Gasteiger charge is -2.29. The number of nitrogens with zero attached hydrogens (tertiary/aromatic N) is 1. The smallest absolute Gasteiger partial charge is 0.104 e. The minimum absolute atomic E-state index is 1.12. The van der Waals surface area contributed by atoms with Crippen molar-refractivity contribution < 1.29 is 4.48 Å². The van der Waals surface area contributed by atoms with Crippen LogP contribution in [0.1, 0.15) is 72.1 Å². The fourth-order valence-corrected chi connectivity index (χ4v) is 2.79. The van der Waals surface area contributed by atoms with Crippen LogP contribution in [0.15, 0.2) is 24.0 Å². The van der Waals surface area contributed by atoms with Crippen molar-refractivity contribution in [2.45, 2.75) is 72.1 Å². The van der Waals surface area contributed by atoms with Gasteiger partial charge in [-0.1, -0.05) is 46.0 Å². The highest BCUT2D eigenvalue weighted by Gasteiger charge is 2.25. The number of hydrogen-bond donors (Lipinski definition) is 0. The van der Waals surface area contributed by atoms with E-state index in [2.05, 4.69) is 39.2 Å². The Hall–Kier alpha value is -0.560. The van der Waals surface area contributed by atoms with Crippen LogP contribution < -0.4 is 0 Å². The predicted molar refractivity (Wildman–Crippen MR) is 81.2 cm³/mol. The molecule has 1 aliphatic rings. The Morgan fingerprint density at radius 1 is 0.833 bits per heavy atom. The highest BCUT2D eigenvalue weighted by atomic mass is 15.3. The Morgan fingerprint density at radius 3 is 2.06 bits per heavy atom. The van der Waals surface area contributed by atoms with Crippen molar-refractivity contribution in [3.63, 3.8) is 0 Å². The van der Waals surface area contributed by atoms with E-state index < -0.39 is 0 Å². The highest BCUT2D eigenvalue weighted by molar-refractivity contribution is 5.16. The Labute approximate surface area is 114 Å². The molecule has 18 heavy (non-hydrogen) atoms. The summed E-state index contributed by atoms with van der Waals surface area (Å²) in [5, 5.41) is 0. The summed E-state index contributed by atoms with van der Waals surface area (Å²) >= 11 is 0. The average Bonchev–Trinajstić information content (AvgIpc) is 2.73. The van der Waals surface area contributed by atoms with Crippen LogP contribution in [-0.2, 0) is 0 Å². The maximum atomic E-state index is 2.46. The second-order valence-electron chi connectivity index (χ2n) is 5.86. The van der Waals surface area contributed by atoms with Crippen molar-refractivity contribution >= 4 is 0 Å². The van der Waals surface area contributed by atoms with Crippen LogP contribution in [0, 0.1) is 0 Å². The molecule has 1 unspecified atom stereocenters. The molecule has 0 amide bonds. The zero-order chi connectivity index (χ0) is 13.3. The monoisotopic (exact) mass is 250 g/mol.